The fourth-order valence-electron chi connectivity index (χ4n) is 1.85. The Balaban J connectivity index is 1.54. The number of thiocarbonyl (C=S) groups is 1. The van der Waals surface area contributed by atoms with Crippen LogP contribution in [0, 0.1) is 0 Å². The minimum absolute atomic E-state index is 0.602. The third kappa shape index (κ3) is 6.43. The third-order valence-corrected chi connectivity index (χ3v) is 3.46. The molecule has 0 bridgehead atoms. The lowest BCUT2D eigenvalue weighted by atomic mass is 10.2. The van der Waals surface area contributed by atoms with Gasteiger partial charge in [0, 0.05) is 23.9 Å². The molecule has 3 nitrogen and oxygen atoms in total. The zero-order valence-electron chi connectivity index (χ0n) is 12.2. The molecule has 0 aliphatic rings. The van der Waals surface area contributed by atoms with Gasteiger partial charge < -0.3 is 15.4 Å². The lowest BCUT2D eigenvalue weighted by Gasteiger charge is -2.10. The fourth-order valence-corrected chi connectivity index (χ4v) is 2.19. The lowest BCUT2D eigenvalue weighted by Crippen LogP contribution is -2.29. The highest BCUT2D eigenvalue weighted by atomic mass is 35.5. The van der Waals surface area contributed by atoms with Crippen LogP contribution >= 0.6 is 23.8 Å². The summed E-state index contributed by atoms with van der Waals surface area (Å²) in [6, 6.07) is 17.6. The molecule has 0 spiro atoms. The summed E-state index contributed by atoms with van der Waals surface area (Å²) >= 11 is 11.1. The summed E-state index contributed by atoms with van der Waals surface area (Å²) in [4.78, 5) is 0. The summed E-state index contributed by atoms with van der Waals surface area (Å²) in [7, 11) is 0. The molecule has 0 unspecified atom stereocenters. The summed E-state index contributed by atoms with van der Waals surface area (Å²) in [6.45, 7) is 2.12. The predicted octanol–water partition coefficient (Wildman–Crippen LogP) is 4.23. The van der Waals surface area contributed by atoms with Gasteiger partial charge in [0.05, 0.1) is 6.61 Å². The van der Waals surface area contributed by atoms with E-state index in [2.05, 4.69) is 22.8 Å². The second kappa shape index (κ2) is 9.41. The van der Waals surface area contributed by atoms with Gasteiger partial charge in [-0.1, -0.05) is 41.9 Å². The molecule has 22 heavy (non-hydrogen) atoms. The molecular weight excluding hydrogens is 316 g/mol. The number of hydrogen-bond donors (Lipinski definition) is 2. The van der Waals surface area contributed by atoms with Gasteiger partial charge in [0.25, 0.3) is 0 Å². The molecule has 0 aliphatic carbocycles. The van der Waals surface area contributed by atoms with Crippen molar-refractivity contribution in [1.82, 2.24) is 5.32 Å². The summed E-state index contributed by atoms with van der Waals surface area (Å²) < 4.78 is 5.61. The van der Waals surface area contributed by atoms with E-state index in [4.69, 9.17) is 28.6 Å². The van der Waals surface area contributed by atoms with Crippen molar-refractivity contribution in [3.8, 4) is 0 Å². The van der Waals surface area contributed by atoms with Crippen molar-refractivity contribution in [3.63, 3.8) is 0 Å². The van der Waals surface area contributed by atoms with Gasteiger partial charge in [0.1, 0.15) is 0 Å². The predicted molar refractivity (Wildman–Crippen MR) is 96.4 cm³/mol. The molecule has 0 heterocycles. The van der Waals surface area contributed by atoms with Crippen LogP contribution in [-0.4, -0.2) is 18.3 Å². The Kier molecular flexibility index (Phi) is 7.16. The van der Waals surface area contributed by atoms with Gasteiger partial charge >= 0.3 is 0 Å². The largest absolute Gasteiger partial charge is 0.377 e. The van der Waals surface area contributed by atoms with Crippen LogP contribution in [0.1, 0.15) is 12.0 Å². The Morgan fingerprint density at radius 3 is 2.50 bits per heavy atom. The van der Waals surface area contributed by atoms with Crippen molar-refractivity contribution in [2.24, 2.45) is 0 Å². The molecule has 2 aromatic rings. The Morgan fingerprint density at radius 2 is 1.77 bits per heavy atom. The molecule has 2 N–H and O–H groups in total. The van der Waals surface area contributed by atoms with E-state index in [1.54, 1.807) is 0 Å². The first kappa shape index (κ1) is 16.7. The van der Waals surface area contributed by atoms with Crippen LogP contribution < -0.4 is 10.6 Å². The number of nitrogens with one attached hydrogen (secondary N) is 2. The lowest BCUT2D eigenvalue weighted by molar-refractivity contribution is 0.119. The molecular formula is C17H19ClN2OS. The van der Waals surface area contributed by atoms with Crippen LogP contribution in [0.25, 0.3) is 0 Å². The highest BCUT2D eigenvalue weighted by molar-refractivity contribution is 7.80. The molecule has 5 heteroatoms. The SMILES string of the molecule is S=C(NCCCOCc1ccccc1)Nc1ccc(Cl)cc1. The van der Waals surface area contributed by atoms with E-state index in [-0.39, 0.29) is 0 Å². The quantitative estimate of drug-likeness (QED) is 0.586. The van der Waals surface area contributed by atoms with Crippen molar-refractivity contribution in [3.05, 3.63) is 65.2 Å². The van der Waals surface area contributed by atoms with E-state index in [1.807, 2.05) is 42.5 Å². The monoisotopic (exact) mass is 334 g/mol. The summed E-state index contributed by atoms with van der Waals surface area (Å²) in [5.74, 6) is 0. The van der Waals surface area contributed by atoms with E-state index in [0.29, 0.717) is 23.3 Å². The third-order valence-electron chi connectivity index (χ3n) is 2.96. The average molecular weight is 335 g/mol. The van der Waals surface area contributed by atoms with Crippen molar-refractivity contribution in [2.75, 3.05) is 18.5 Å². The average Bonchev–Trinajstić information content (AvgIpc) is 2.54. The van der Waals surface area contributed by atoms with Crippen molar-refractivity contribution in [1.29, 1.82) is 0 Å². The van der Waals surface area contributed by atoms with Crippen molar-refractivity contribution >= 4 is 34.6 Å². The zero-order valence-corrected chi connectivity index (χ0v) is 13.8. The van der Waals surface area contributed by atoms with Gasteiger partial charge in [-0.05, 0) is 48.5 Å². The van der Waals surface area contributed by atoms with E-state index < -0.39 is 0 Å². The standard InChI is InChI=1S/C17H19ClN2OS/c18-15-7-9-16(10-8-15)20-17(22)19-11-4-12-21-13-14-5-2-1-3-6-14/h1-3,5-10H,4,11-13H2,(H2,19,20,22). The minimum Gasteiger partial charge on any atom is -0.377 e. The summed E-state index contributed by atoms with van der Waals surface area (Å²) in [5, 5.41) is 7.57. The highest BCUT2D eigenvalue weighted by Crippen LogP contribution is 2.13. The van der Waals surface area contributed by atoms with Gasteiger partial charge in [-0.2, -0.15) is 0 Å². The molecule has 0 saturated heterocycles. The van der Waals surface area contributed by atoms with Crippen LogP contribution in [-0.2, 0) is 11.3 Å². The molecule has 2 rings (SSSR count). The molecule has 0 saturated carbocycles. The van der Waals surface area contributed by atoms with E-state index >= 15 is 0 Å². The number of halogens is 1. The Morgan fingerprint density at radius 1 is 1.05 bits per heavy atom. The number of hydrogen-bond acceptors (Lipinski definition) is 2. The van der Waals surface area contributed by atoms with E-state index in [0.717, 1.165) is 18.7 Å². The number of rotatable bonds is 7. The van der Waals surface area contributed by atoms with Crippen LogP contribution in [0.15, 0.2) is 54.6 Å². The number of benzene rings is 2. The first-order valence-electron chi connectivity index (χ1n) is 7.16. The number of anilines is 1. The molecule has 2 aromatic carbocycles. The molecule has 0 atom stereocenters. The summed E-state index contributed by atoms with van der Waals surface area (Å²) in [6.07, 6.45) is 0.898. The van der Waals surface area contributed by atoms with Crippen LogP contribution in [0.3, 0.4) is 0 Å². The number of ether oxygens (including phenoxy) is 1. The van der Waals surface area contributed by atoms with Crippen LogP contribution in [0.4, 0.5) is 5.69 Å². The fraction of sp³-hybridized carbons (Fsp3) is 0.235. The minimum atomic E-state index is 0.602. The van der Waals surface area contributed by atoms with Gasteiger partial charge in [-0.25, -0.2) is 0 Å². The van der Waals surface area contributed by atoms with Gasteiger partial charge in [0.15, 0.2) is 5.11 Å². The smallest absolute Gasteiger partial charge is 0.170 e. The van der Waals surface area contributed by atoms with Crippen LogP contribution in [0.5, 0.6) is 0 Å². The second-order valence-corrected chi connectivity index (χ2v) is 5.62. The van der Waals surface area contributed by atoms with Gasteiger partial charge in [-0.15, -0.1) is 0 Å². The van der Waals surface area contributed by atoms with Gasteiger partial charge in [-0.3, -0.25) is 0 Å². The zero-order chi connectivity index (χ0) is 15.6. The Bertz CT molecular complexity index is 575. The Labute approximate surface area is 141 Å². The molecule has 0 aromatic heterocycles. The second-order valence-electron chi connectivity index (χ2n) is 4.78. The highest BCUT2D eigenvalue weighted by Gasteiger charge is 1.97. The first-order chi connectivity index (χ1) is 10.7. The van der Waals surface area contributed by atoms with Crippen molar-refractivity contribution in [2.45, 2.75) is 13.0 Å². The van der Waals surface area contributed by atoms with E-state index in [9.17, 15) is 0 Å². The summed E-state index contributed by atoms with van der Waals surface area (Å²) in [5.41, 5.74) is 2.11. The maximum absolute atomic E-state index is 5.83. The molecule has 116 valence electrons. The normalized spacial score (nSPS) is 10.2. The first-order valence-corrected chi connectivity index (χ1v) is 7.95. The maximum Gasteiger partial charge on any atom is 0.170 e. The Hall–Kier alpha value is -1.62. The molecule has 0 amide bonds. The topological polar surface area (TPSA) is 33.3 Å². The maximum atomic E-state index is 5.83. The van der Waals surface area contributed by atoms with Crippen LogP contribution in [0.2, 0.25) is 5.02 Å². The molecule has 0 radical (unpaired) electrons. The molecule has 0 fully saturated rings. The van der Waals surface area contributed by atoms with Gasteiger partial charge in [0.2, 0.25) is 0 Å². The molecule has 0 aliphatic heterocycles. The van der Waals surface area contributed by atoms with E-state index in [1.165, 1.54) is 5.56 Å². The van der Waals surface area contributed by atoms with Crippen molar-refractivity contribution < 1.29 is 4.74 Å².